The fourth-order valence-electron chi connectivity index (χ4n) is 3.32. The third-order valence-electron chi connectivity index (χ3n) is 4.18. The van der Waals surface area contributed by atoms with Crippen molar-refractivity contribution < 1.29 is 5.11 Å². The van der Waals surface area contributed by atoms with E-state index < -0.39 is 0 Å². The summed E-state index contributed by atoms with van der Waals surface area (Å²) in [4.78, 5) is 0. The Morgan fingerprint density at radius 1 is 1.18 bits per heavy atom. The topological polar surface area (TPSA) is 20.2 Å². The van der Waals surface area contributed by atoms with Crippen molar-refractivity contribution in [1.29, 1.82) is 0 Å². The second kappa shape index (κ2) is 2.01. The first-order chi connectivity index (χ1) is 5.03. The van der Waals surface area contributed by atoms with Crippen LogP contribution in [0.3, 0.4) is 0 Å². The van der Waals surface area contributed by atoms with Crippen LogP contribution < -0.4 is 0 Å². The molecule has 3 aliphatic carbocycles. The van der Waals surface area contributed by atoms with Crippen LogP contribution in [0, 0.1) is 23.2 Å². The van der Waals surface area contributed by atoms with Crippen molar-refractivity contribution >= 4 is 0 Å². The molecule has 0 unspecified atom stereocenters. The Morgan fingerprint density at radius 3 is 2.18 bits per heavy atom. The zero-order chi connectivity index (χ0) is 8.22. The molecule has 0 aliphatic heterocycles. The lowest BCUT2D eigenvalue weighted by atomic mass is 9.45. The standard InChI is InChI=1S/C10H18O/c1-6-4-9(11)8-5-7(6)10(8,2)3/h6-9,11H,4-5H2,1-3H3/t6-,7+,8-,9-/m1/s1. The number of aliphatic hydroxyl groups excluding tert-OH is 1. The Kier molecular flexibility index (Phi) is 1.39. The summed E-state index contributed by atoms with van der Waals surface area (Å²) < 4.78 is 0. The first kappa shape index (κ1) is 7.60. The molecule has 3 aliphatic rings. The Morgan fingerprint density at radius 2 is 1.82 bits per heavy atom. The second-order valence-corrected chi connectivity index (χ2v) is 5.05. The minimum Gasteiger partial charge on any atom is -0.393 e. The van der Waals surface area contributed by atoms with Gasteiger partial charge in [-0.2, -0.15) is 0 Å². The Hall–Kier alpha value is -0.0400. The highest BCUT2D eigenvalue weighted by Crippen LogP contribution is 2.61. The summed E-state index contributed by atoms with van der Waals surface area (Å²) in [6.07, 6.45) is 2.30. The van der Waals surface area contributed by atoms with Crippen LogP contribution >= 0.6 is 0 Å². The molecule has 0 heterocycles. The third-order valence-corrected chi connectivity index (χ3v) is 4.18. The number of hydrogen-bond donors (Lipinski definition) is 1. The van der Waals surface area contributed by atoms with Crippen molar-refractivity contribution in [3.8, 4) is 0 Å². The van der Waals surface area contributed by atoms with E-state index in [2.05, 4.69) is 20.8 Å². The van der Waals surface area contributed by atoms with Crippen LogP contribution in [0.4, 0.5) is 0 Å². The first-order valence-electron chi connectivity index (χ1n) is 4.71. The molecule has 4 atom stereocenters. The van der Waals surface area contributed by atoms with Crippen LogP contribution in [0.25, 0.3) is 0 Å². The van der Waals surface area contributed by atoms with Crippen LogP contribution in [0.1, 0.15) is 33.6 Å². The molecule has 1 nitrogen and oxygen atoms in total. The van der Waals surface area contributed by atoms with E-state index in [1.54, 1.807) is 0 Å². The normalized spacial score (nSPS) is 53.5. The molecule has 11 heavy (non-hydrogen) atoms. The van der Waals surface area contributed by atoms with Crippen molar-refractivity contribution in [2.75, 3.05) is 0 Å². The quantitative estimate of drug-likeness (QED) is 0.566. The average molecular weight is 154 g/mol. The molecule has 0 radical (unpaired) electrons. The van der Waals surface area contributed by atoms with Gasteiger partial charge < -0.3 is 5.11 Å². The van der Waals surface area contributed by atoms with Gasteiger partial charge in [-0.15, -0.1) is 0 Å². The van der Waals surface area contributed by atoms with Gasteiger partial charge in [0.2, 0.25) is 0 Å². The molecule has 64 valence electrons. The van der Waals surface area contributed by atoms with Crippen molar-refractivity contribution in [2.24, 2.45) is 23.2 Å². The molecule has 1 heteroatoms. The van der Waals surface area contributed by atoms with E-state index in [1.165, 1.54) is 6.42 Å². The van der Waals surface area contributed by atoms with Gasteiger partial charge in [0, 0.05) is 0 Å². The molecule has 0 amide bonds. The van der Waals surface area contributed by atoms with Crippen LogP contribution in [0.2, 0.25) is 0 Å². The predicted molar refractivity (Wildman–Crippen MR) is 45.2 cm³/mol. The Bertz CT molecular complexity index is 158. The molecule has 3 fully saturated rings. The van der Waals surface area contributed by atoms with Gasteiger partial charge in [0.15, 0.2) is 0 Å². The average Bonchev–Trinajstić information content (AvgIpc) is 1.84. The Balaban J connectivity index is 2.20. The number of hydrogen-bond acceptors (Lipinski definition) is 1. The van der Waals surface area contributed by atoms with Gasteiger partial charge >= 0.3 is 0 Å². The number of aliphatic hydroxyl groups is 1. The summed E-state index contributed by atoms with van der Waals surface area (Å²) in [6, 6.07) is 0. The summed E-state index contributed by atoms with van der Waals surface area (Å²) in [5.74, 6) is 2.23. The van der Waals surface area contributed by atoms with Crippen molar-refractivity contribution in [3.05, 3.63) is 0 Å². The third kappa shape index (κ3) is 0.807. The first-order valence-corrected chi connectivity index (χ1v) is 4.71. The number of fused-ring (bicyclic) bond motifs is 2. The Labute approximate surface area is 68.8 Å². The molecule has 0 saturated heterocycles. The molecule has 0 aromatic rings. The van der Waals surface area contributed by atoms with Gasteiger partial charge in [0.25, 0.3) is 0 Å². The van der Waals surface area contributed by atoms with E-state index >= 15 is 0 Å². The van der Waals surface area contributed by atoms with Crippen molar-refractivity contribution in [3.63, 3.8) is 0 Å². The van der Waals surface area contributed by atoms with Crippen LogP contribution in [0.15, 0.2) is 0 Å². The summed E-state index contributed by atoms with van der Waals surface area (Å²) in [5.41, 5.74) is 0.428. The van der Waals surface area contributed by atoms with Crippen molar-refractivity contribution in [1.82, 2.24) is 0 Å². The fourth-order valence-corrected chi connectivity index (χ4v) is 3.32. The van der Waals surface area contributed by atoms with E-state index in [1.807, 2.05) is 0 Å². The van der Waals surface area contributed by atoms with Gasteiger partial charge in [-0.3, -0.25) is 0 Å². The maximum Gasteiger partial charge on any atom is 0.0576 e. The molecule has 1 N–H and O–H groups in total. The molecular weight excluding hydrogens is 136 g/mol. The highest BCUT2D eigenvalue weighted by Gasteiger charge is 2.56. The van der Waals surface area contributed by atoms with E-state index in [-0.39, 0.29) is 6.10 Å². The summed E-state index contributed by atoms with van der Waals surface area (Å²) in [6.45, 7) is 6.90. The molecule has 2 bridgehead atoms. The highest BCUT2D eigenvalue weighted by atomic mass is 16.3. The van der Waals surface area contributed by atoms with Gasteiger partial charge in [0.1, 0.15) is 0 Å². The lowest BCUT2D eigenvalue weighted by molar-refractivity contribution is -0.167. The van der Waals surface area contributed by atoms with Gasteiger partial charge in [-0.1, -0.05) is 20.8 Å². The maximum absolute atomic E-state index is 9.72. The van der Waals surface area contributed by atoms with Crippen LogP contribution in [0.5, 0.6) is 0 Å². The van der Waals surface area contributed by atoms with E-state index in [0.29, 0.717) is 11.3 Å². The molecular formula is C10H18O. The molecule has 0 spiro atoms. The smallest absolute Gasteiger partial charge is 0.0576 e. The van der Waals surface area contributed by atoms with Crippen LogP contribution in [-0.4, -0.2) is 11.2 Å². The van der Waals surface area contributed by atoms with E-state index in [4.69, 9.17) is 0 Å². The zero-order valence-corrected chi connectivity index (χ0v) is 7.67. The highest BCUT2D eigenvalue weighted by molar-refractivity contribution is 5.05. The minimum absolute atomic E-state index is 0.00926. The lowest BCUT2D eigenvalue weighted by Gasteiger charge is -2.61. The summed E-state index contributed by atoms with van der Waals surface area (Å²) >= 11 is 0. The van der Waals surface area contributed by atoms with Gasteiger partial charge in [-0.05, 0) is 36.0 Å². The van der Waals surface area contributed by atoms with Gasteiger partial charge in [0.05, 0.1) is 6.10 Å². The minimum atomic E-state index is -0.00926. The largest absolute Gasteiger partial charge is 0.393 e. The molecule has 0 aromatic carbocycles. The zero-order valence-electron chi connectivity index (χ0n) is 7.67. The monoisotopic (exact) mass is 154 g/mol. The molecule has 3 rings (SSSR count). The van der Waals surface area contributed by atoms with Gasteiger partial charge in [-0.25, -0.2) is 0 Å². The second-order valence-electron chi connectivity index (χ2n) is 5.05. The van der Waals surface area contributed by atoms with E-state index in [0.717, 1.165) is 18.3 Å². The molecule has 0 aromatic heterocycles. The number of rotatable bonds is 0. The summed E-state index contributed by atoms with van der Waals surface area (Å²) in [5, 5.41) is 9.72. The lowest BCUT2D eigenvalue weighted by Crippen LogP contribution is -2.57. The fraction of sp³-hybridized carbons (Fsp3) is 1.00. The van der Waals surface area contributed by atoms with Crippen LogP contribution in [-0.2, 0) is 0 Å². The predicted octanol–water partition coefficient (Wildman–Crippen LogP) is 2.05. The van der Waals surface area contributed by atoms with Crippen molar-refractivity contribution in [2.45, 2.75) is 39.7 Å². The molecule has 3 saturated carbocycles. The van der Waals surface area contributed by atoms with E-state index in [9.17, 15) is 5.11 Å². The SMILES string of the molecule is C[C@@H]1C[C@@H](O)[C@H]2C[C@@H]1C2(C)C. The summed E-state index contributed by atoms with van der Waals surface area (Å²) in [7, 11) is 0. The maximum atomic E-state index is 9.72.